The number of nitrogens with one attached hydrogen (secondary N) is 1. The van der Waals surface area contributed by atoms with Gasteiger partial charge in [-0.1, -0.05) is 12.1 Å². The van der Waals surface area contributed by atoms with E-state index in [9.17, 15) is 9.50 Å². The molecule has 0 aliphatic rings. The normalized spacial score (nSPS) is 12.0. The minimum Gasteiger partial charge on any atom is -0.497 e. The van der Waals surface area contributed by atoms with E-state index in [1.165, 1.54) is 12.1 Å². The predicted octanol–water partition coefficient (Wildman–Crippen LogP) is 3.74. The monoisotopic (exact) mass is 339 g/mol. The lowest BCUT2D eigenvalue weighted by atomic mass is 10.1. The van der Waals surface area contributed by atoms with Crippen molar-refractivity contribution in [1.29, 1.82) is 0 Å². The van der Waals surface area contributed by atoms with Crippen LogP contribution in [0.15, 0.2) is 46.9 Å². The number of benzene rings is 2. The minimum atomic E-state index is -0.655. The summed E-state index contributed by atoms with van der Waals surface area (Å²) in [6, 6.07) is 11.6. The van der Waals surface area contributed by atoms with E-state index in [1.807, 2.05) is 12.1 Å². The molecule has 20 heavy (non-hydrogen) atoms. The molecular weight excluding hydrogens is 325 g/mol. The second-order valence-electron chi connectivity index (χ2n) is 4.29. The Morgan fingerprint density at radius 3 is 2.55 bits per heavy atom. The summed E-state index contributed by atoms with van der Waals surface area (Å²) in [5.74, 6) is 0.438. The number of rotatable bonds is 5. The van der Waals surface area contributed by atoms with Crippen molar-refractivity contribution < 1.29 is 14.2 Å². The van der Waals surface area contributed by atoms with Gasteiger partial charge in [-0.15, -0.1) is 0 Å². The third-order valence-electron chi connectivity index (χ3n) is 2.92. The first-order valence-electron chi connectivity index (χ1n) is 6.11. The second kappa shape index (κ2) is 6.72. The first-order valence-corrected chi connectivity index (χ1v) is 6.90. The first-order chi connectivity index (χ1) is 9.60. The van der Waals surface area contributed by atoms with Gasteiger partial charge in [0.15, 0.2) is 0 Å². The molecule has 0 bridgehead atoms. The Labute approximate surface area is 125 Å². The lowest BCUT2D eigenvalue weighted by molar-refractivity contribution is 0.191. The molecule has 0 aromatic heterocycles. The van der Waals surface area contributed by atoms with Crippen LogP contribution in [0.3, 0.4) is 0 Å². The molecule has 0 saturated carbocycles. The number of ether oxygens (including phenoxy) is 1. The van der Waals surface area contributed by atoms with Crippen molar-refractivity contribution >= 4 is 21.6 Å². The van der Waals surface area contributed by atoms with Gasteiger partial charge in [0, 0.05) is 16.7 Å². The van der Waals surface area contributed by atoms with Gasteiger partial charge in [-0.25, -0.2) is 4.39 Å². The molecule has 0 aliphatic heterocycles. The summed E-state index contributed by atoms with van der Waals surface area (Å²) in [6.07, 6.45) is -0.655. The van der Waals surface area contributed by atoms with Crippen LogP contribution in [0, 0.1) is 5.82 Å². The molecule has 2 rings (SSSR count). The van der Waals surface area contributed by atoms with Crippen LogP contribution >= 0.6 is 15.9 Å². The van der Waals surface area contributed by atoms with Crippen molar-refractivity contribution in [2.75, 3.05) is 19.0 Å². The molecule has 0 amide bonds. The number of methoxy groups -OCH3 is 1. The van der Waals surface area contributed by atoms with E-state index in [0.717, 1.165) is 17.0 Å². The van der Waals surface area contributed by atoms with Gasteiger partial charge in [0.1, 0.15) is 11.6 Å². The highest BCUT2D eigenvalue weighted by molar-refractivity contribution is 9.10. The fourth-order valence-corrected chi connectivity index (χ4v) is 2.27. The van der Waals surface area contributed by atoms with Gasteiger partial charge in [-0.3, -0.25) is 0 Å². The third kappa shape index (κ3) is 3.71. The Bertz CT molecular complexity index is 575. The maximum atomic E-state index is 13.0. The molecule has 3 nitrogen and oxygen atoms in total. The molecule has 2 aromatic carbocycles. The van der Waals surface area contributed by atoms with E-state index in [0.29, 0.717) is 11.0 Å². The Morgan fingerprint density at radius 1 is 1.25 bits per heavy atom. The maximum absolute atomic E-state index is 13.0. The number of hydrogen-bond donors (Lipinski definition) is 2. The van der Waals surface area contributed by atoms with Gasteiger partial charge in [0.05, 0.1) is 13.2 Å². The van der Waals surface area contributed by atoms with Crippen molar-refractivity contribution in [3.8, 4) is 5.75 Å². The highest BCUT2D eigenvalue weighted by Crippen LogP contribution is 2.24. The number of anilines is 1. The van der Waals surface area contributed by atoms with E-state index >= 15 is 0 Å². The first kappa shape index (κ1) is 14.8. The van der Waals surface area contributed by atoms with Gasteiger partial charge < -0.3 is 15.2 Å². The average molecular weight is 340 g/mol. The summed E-state index contributed by atoms with van der Waals surface area (Å²) in [4.78, 5) is 0. The Morgan fingerprint density at radius 2 is 1.95 bits per heavy atom. The molecule has 0 radical (unpaired) electrons. The SMILES string of the molecule is COc1ccc(C(O)CNc2ccc(F)cc2Br)cc1. The lowest BCUT2D eigenvalue weighted by Crippen LogP contribution is -2.12. The average Bonchev–Trinajstić information content (AvgIpc) is 2.46. The third-order valence-corrected chi connectivity index (χ3v) is 3.57. The fourth-order valence-electron chi connectivity index (χ4n) is 1.78. The molecule has 0 saturated heterocycles. The van der Waals surface area contributed by atoms with E-state index in [-0.39, 0.29) is 5.82 Å². The van der Waals surface area contributed by atoms with Gasteiger partial charge in [-0.2, -0.15) is 0 Å². The Balaban J connectivity index is 1.98. The summed E-state index contributed by atoms with van der Waals surface area (Å²) in [7, 11) is 1.60. The van der Waals surface area contributed by atoms with E-state index in [4.69, 9.17) is 4.74 Å². The van der Waals surface area contributed by atoms with Crippen LogP contribution in [0.25, 0.3) is 0 Å². The molecule has 0 aliphatic carbocycles. The smallest absolute Gasteiger partial charge is 0.124 e. The summed E-state index contributed by atoms with van der Waals surface area (Å²) in [5.41, 5.74) is 1.52. The van der Waals surface area contributed by atoms with Gasteiger partial charge >= 0.3 is 0 Å². The van der Waals surface area contributed by atoms with Gasteiger partial charge in [0.2, 0.25) is 0 Å². The molecular formula is C15H15BrFNO2. The largest absolute Gasteiger partial charge is 0.497 e. The number of halogens is 2. The lowest BCUT2D eigenvalue weighted by Gasteiger charge is -2.14. The van der Waals surface area contributed by atoms with Crippen LogP contribution in [-0.2, 0) is 0 Å². The fraction of sp³-hybridized carbons (Fsp3) is 0.200. The van der Waals surface area contributed by atoms with Gasteiger partial charge in [0.25, 0.3) is 0 Å². The number of hydrogen-bond acceptors (Lipinski definition) is 3. The summed E-state index contributed by atoms with van der Waals surface area (Å²) in [5, 5.41) is 13.2. The van der Waals surface area contributed by atoms with E-state index < -0.39 is 6.10 Å². The molecule has 0 spiro atoms. The zero-order chi connectivity index (χ0) is 14.5. The second-order valence-corrected chi connectivity index (χ2v) is 5.15. The molecule has 0 heterocycles. The van der Waals surface area contributed by atoms with Crippen molar-refractivity contribution in [2.24, 2.45) is 0 Å². The molecule has 5 heteroatoms. The highest BCUT2D eigenvalue weighted by atomic mass is 79.9. The number of aliphatic hydroxyl groups is 1. The zero-order valence-electron chi connectivity index (χ0n) is 10.9. The van der Waals surface area contributed by atoms with Crippen molar-refractivity contribution in [3.05, 3.63) is 58.3 Å². The standard InChI is InChI=1S/C15H15BrFNO2/c1-20-12-5-2-10(3-6-12)15(19)9-18-14-7-4-11(17)8-13(14)16/h2-8,15,18-19H,9H2,1H3. The van der Waals surface area contributed by atoms with Crippen LogP contribution in [0.2, 0.25) is 0 Å². The summed E-state index contributed by atoms with van der Waals surface area (Å²) >= 11 is 3.27. The summed E-state index contributed by atoms with van der Waals surface area (Å²) < 4.78 is 18.7. The van der Waals surface area contributed by atoms with Crippen molar-refractivity contribution in [2.45, 2.75) is 6.10 Å². The van der Waals surface area contributed by atoms with E-state index in [1.54, 1.807) is 25.3 Å². The topological polar surface area (TPSA) is 41.5 Å². The molecule has 106 valence electrons. The number of aliphatic hydroxyl groups excluding tert-OH is 1. The quantitative estimate of drug-likeness (QED) is 0.871. The van der Waals surface area contributed by atoms with Crippen LogP contribution < -0.4 is 10.1 Å². The van der Waals surface area contributed by atoms with Gasteiger partial charge in [-0.05, 0) is 51.8 Å². The molecule has 1 unspecified atom stereocenters. The Kier molecular flexibility index (Phi) is 4.98. The van der Waals surface area contributed by atoms with Crippen LogP contribution in [0.1, 0.15) is 11.7 Å². The van der Waals surface area contributed by atoms with Crippen molar-refractivity contribution in [3.63, 3.8) is 0 Å². The molecule has 0 fully saturated rings. The Hall–Kier alpha value is -1.59. The van der Waals surface area contributed by atoms with E-state index in [2.05, 4.69) is 21.2 Å². The molecule has 1 atom stereocenters. The van der Waals surface area contributed by atoms with Crippen LogP contribution in [0.4, 0.5) is 10.1 Å². The van der Waals surface area contributed by atoms with Crippen LogP contribution in [0.5, 0.6) is 5.75 Å². The van der Waals surface area contributed by atoms with Crippen molar-refractivity contribution in [1.82, 2.24) is 0 Å². The zero-order valence-corrected chi connectivity index (χ0v) is 12.5. The highest BCUT2D eigenvalue weighted by Gasteiger charge is 2.09. The molecule has 2 N–H and O–H groups in total. The summed E-state index contributed by atoms with van der Waals surface area (Å²) in [6.45, 7) is 0.330. The minimum absolute atomic E-state index is 0.307. The van der Waals surface area contributed by atoms with Crippen LogP contribution in [-0.4, -0.2) is 18.8 Å². The molecule has 2 aromatic rings. The predicted molar refractivity (Wildman–Crippen MR) is 80.5 cm³/mol. The maximum Gasteiger partial charge on any atom is 0.124 e.